The Bertz CT molecular complexity index is 2160. The molecule has 0 spiro atoms. The summed E-state index contributed by atoms with van der Waals surface area (Å²) < 4.78 is 0. The quantitative estimate of drug-likeness (QED) is 0.0140. The van der Waals surface area contributed by atoms with Crippen LogP contribution < -0.4 is 0 Å². The van der Waals surface area contributed by atoms with Gasteiger partial charge in [0.25, 0.3) is 0 Å². The fourth-order valence-corrected chi connectivity index (χ4v) is 15.3. The summed E-state index contributed by atoms with van der Waals surface area (Å²) in [5.74, 6) is 13.7. The average Bonchev–Trinajstić information content (AvgIpc) is 3.33. The van der Waals surface area contributed by atoms with E-state index in [1.165, 1.54) is 77.9 Å². The van der Waals surface area contributed by atoms with E-state index in [0.717, 1.165) is 141 Å². The number of hydrogen-bond donors (Lipinski definition) is 6. The van der Waals surface area contributed by atoms with E-state index in [-0.39, 0.29) is 0 Å². The Morgan fingerprint density at radius 2 is 0.848 bits per heavy atom. The topological polar surface area (TPSA) is 0 Å². The Kier molecular flexibility index (Phi) is 29.7. The van der Waals surface area contributed by atoms with Crippen molar-refractivity contribution in [3.8, 4) is 0 Å². The van der Waals surface area contributed by atoms with Gasteiger partial charge in [0.2, 0.25) is 0 Å². The molecule has 0 aliphatic carbocycles. The van der Waals surface area contributed by atoms with E-state index in [1.807, 2.05) is 70.6 Å². The highest BCUT2D eigenvalue weighted by atomic mass is 35.5. The minimum absolute atomic E-state index is 0.729. The maximum Gasteiger partial charge on any atom is 0.0487 e. The fraction of sp³-hybridized carbons (Fsp3) is 0.434. The normalized spacial score (nSPS) is 11.5. The van der Waals surface area contributed by atoms with Gasteiger partial charge in [-0.25, -0.2) is 0 Å². The molecule has 0 nitrogen and oxygen atoms in total. The van der Waals surface area contributed by atoms with Crippen LogP contribution in [0.5, 0.6) is 0 Å². The molecule has 0 bridgehead atoms. The van der Waals surface area contributed by atoms with Crippen molar-refractivity contribution in [1.29, 1.82) is 0 Å². The first-order valence-electron chi connectivity index (χ1n) is 22.7. The molecule has 0 saturated heterocycles. The SMILES string of the molecule is SCCCSCc1ccc(Cc2c(CSCS)c(Cl)c(Cc3c(CSCCCS)cccc3Cc3ccccc3CSCCS)c(CSCS)c2Cc2cccc(CSCCCS)c2)cc1. The standard InChI is InChI=1S/C53H67ClS12/c54-53-50(30-47-44(12-4-13-46(47)34-63-24-7-20-57)29-43-10-1-2-11-45(43)33-64-25-21-58)51(35-65-37-59)48(28-41-8-3-9-42(26-41)32-62-23-6-19-56)49(52(53)36-66-38-60)27-39-14-16-40(17-15-39)31-61-22-5-18-55/h1-4,8-17,26,55-60H,5-7,18-25,27-38H2. The largest absolute Gasteiger partial charge is 0.179 e. The van der Waals surface area contributed by atoms with Gasteiger partial charge in [0.15, 0.2) is 0 Å². The van der Waals surface area contributed by atoms with Gasteiger partial charge in [-0.1, -0.05) is 103 Å². The van der Waals surface area contributed by atoms with Crippen LogP contribution in [0.2, 0.25) is 5.02 Å². The van der Waals surface area contributed by atoms with Gasteiger partial charge in [-0.15, -0.1) is 23.5 Å². The Hall–Kier alpha value is 0.590. The van der Waals surface area contributed by atoms with Gasteiger partial charge in [-0.05, 0) is 163 Å². The molecule has 0 aliphatic heterocycles. The van der Waals surface area contributed by atoms with Gasteiger partial charge in [0.1, 0.15) is 0 Å². The summed E-state index contributed by atoms with van der Waals surface area (Å²) in [6, 6.07) is 34.7. The molecule has 0 N–H and O–H groups in total. The van der Waals surface area contributed by atoms with Crippen LogP contribution in [0, 0.1) is 0 Å². The van der Waals surface area contributed by atoms with E-state index in [9.17, 15) is 0 Å². The Morgan fingerprint density at radius 1 is 0.333 bits per heavy atom. The number of hydrogen-bond acceptors (Lipinski definition) is 12. The number of thioether (sulfide) groups is 6. The summed E-state index contributed by atoms with van der Waals surface area (Å²) in [6.07, 6.45) is 6.70. The first-order valence-corrected chi connectivity index (χ1v) is 33.8. The van der Waals surface area contributed by atoms with Crippen molar-refractivity contribution in [3.63, 3.8) is 0 Å². The van der Waals surface area contributed by atoms with Crippen LogP contribution in [0.4, 0.5) is 0 Å². The van der Waals surface area contributed by atoms with E-state index in [0.29, 0.717) is 0 Å². The number of halogens is 1. The highest BCUT2D eigenvalue weighted by molar-refractivity contribution is 8.09. The lowest BCUT2D eigenvalue weighted by atomic mass is 9.82. The lowest BCUT2D eigenvalue weighted by molar-refractivity contribution is 0.986. The lowest BCUT2D eigenvalue weighted by Crippen LogP contribution is -2.13. The molecule has 0 saturated carbocycles. The zero-order chi connectivity index (χ0) is 46.8. The highest BCUT2D eigenvalue weighted by Crippen LogP contribution is 2.41. The predicted octanol–water partition coefficient (Wildman–Crippen LogP) is 16.8. The molecule has 0 heterocycles. The molecule has 66 heavy (non-hydrogen) atoms. The van der Waals surface area contributed by atoms with Crippen molar-refractivity contribution in [3.05, 3.63) is 174 Å². The summed E-state index contributed by atoms with van der Waals surface area (Å²) in [4.78, 5) is 0. The molecule has 5 aromatic rings. The van der Waals surface area contributed by atoms with Crippen LogP contribution in [0.3, 0.4) is 0 Å². The Balaban J connectivity index is 1.70. The van der Waals surface area contributed by atoms with E-state index >= 15 is 0 Å². The van der Waals surface area contributed by atoms with Gasteiger partial charge in [0, 0.05) is 55.5 Å². The predicted molar refractivity (Wildman–Crippen MR) is 333 cm³/mol. The molecule has 5 aromatic carbocycles. The molecule has 0 atom stereocenters. The molecule has 0 fully saturated rings. The van der Waals surface area contributed by atoms with Crippen LogP contribution in [-0.4, -0.2) is 56.2 Å². The first-order chi connectivity index (χ1) is 32.4. The monoisotopic (exact) mass is 1120 g/mol. The summed E-state index contributed by atoms with van der Waals surface area (Å²) in [7, 11) is 0. The van der Waals surface area contributed by atoms with Crippen LogP contribution in [0.1, 0.15) is 97.2 Å². The smallest absolute Gasteiger partial charge is 0.0487 e. The van der Waals surface area contributed by atoms with Crippen molar-refractivity contribution in [2.24, 2.45) is 0 Å². The maximum absolute atomic E-state index is 8.04. The van der Waals surface area contributed by atoms with Crippen molar-refractivity contribution in [2.45, 2.75) is 79.5 Å². The molecular weight excluding hydrogens is 1060 g/mol. The first kappa shape index (κ1) is 57.5. The third kappa shape index (κ3) is 19.2. The van der Waals surface area contributed by atoms with Gasteiger partial charge >= 0.3 is 0 Å². The molecule has 0 radical (unpaired) electrons. The van der Waals surface area contributed by atoms with Gasteiger partial charge < -0.3 is 0 Å². The van der Waals surface area contributed by atoms with Crippen LogP contribution >= 0.6 is 158 Å². The lowest BCUT2D eigenvalue weighted by Gasteiger charge is -2.27. The molecule has 13 heteroatoms. The van der Waals surface area contributed by atoms with E-state index in [2.05, 4.69) is 142 Å². The van der Waals surface area contributed by atoms with Crippen molar-refractivity contribution in [1.82, 2.24) is 0 Å². The van der Waals surface area contributed by atoms with Crippen LogP contribution in [0.25, 0.3) is 0 Å². The summed E-state index contributed by atoms with van der Waals surface area (Å²) >= 11 is 47.2. The molecule has 5 rings (SSSR count). The van der Waals surface area contributed by atoms with E-state index < -0.39 is 0 Å². The van der Waals surface area contributed by atoms with Crippen molar-refractivity contribution < 1.29 is 0 Å². The second-order valence-corrected chi connectivity index (χ2v) is 26.0. The van der Waals surface area contributed by atoms with E-state index in [1.54, 1.807) is 0 Å². The summed E-state index contributed by atoms with van der Waals surface area (Å²) in [5.41, 5.74) is 19.2. The van der Waals surface area contributed by atoms with Crippen LogP contribution in [0.15, 0.2) is 91.0 Å². The van der Waals surface area contributed by atoms with Crippen molar-refractivity contribution >= 4 is 158 Å². The fourth-order valence-electron chi connectivity index (χ4n) is 7.99. The Morgan fingerprint density at radius 3 is 1.52 bits per heavy atom. The highest BCUT2D eigenvalue weighted by Gasteiger charge is 2.25. The third-order valence-corrected chi connectivity index (χ3v) is 20.0. The zero-order valence-corrected chi connectivity index (χ0v) is 49.0. The van der Waals surface area contributed by atoms with E-state index in [4.69, 9.17) is 36.9 Å². The molecular formula is C53H67ClS12. The van der Waals surface area contributed by atoms with Crippen LogP contribution in [-0.2, 0) is 60.2 Å². The summed E-state index contributed by atoms with van der Waals surface area (Å²) in [6.45, 7) is 0. The second kappa shape index (κ2) is 34.1. The average molecular weight is 1120 g/mol. The maximum atomic E-state index is 8.04. The van der Waals surface area contributed by atoms with Crippen molar-refractivity contribution in [2.75, 3.05) is 56.2 Å². The third-order valence-electron chi connectivity index (χ3n) is 11.3. The molecule has 0 amide bonds. The molecule has 0 unspecified atom stereocenters. The molecule has 0 aromatic heterocycles. The van der Waals surface area contributed by atoms with Gasteiger partial charge in [-0.3, -0.25) is 0 Å². The number of thiol groups is 6. The summed E-state index contributed by atoms with van der Waals surface area (Å²) in [5, 5.41) is 2.39. The van der Waals surface area contributed by atoms with Gasteiger partial charge in [-0.2, -0.15) is 123 Å². The van der Waals surface area contributed by atoms with Gasteiger partial charge in [0.05, 0.1) is 0 Å². The zero-order valence-electron chi connectivity index (χ0n) is 37.9. The Labute approximate surface area is 462 Å². The molecule has 0 aliphatic rings. The second-order valence-electron chi connectivity index (χ2n) is 16.0. The number of benzene rings is 5. The minimum Gasteiger partial charge on any atom is -0.179 e. The number of rotatable bonds is 33. The minimum atomic E-state index is 0.729. The molecule has 358 valence electrons.